The summed E-state index contributed by atoms with van der Waals surface area (Å²) in [4.78, 5) is 4.01. The molecule has 0 bridgehead atoms. The molecule has 58 valence electrons. The zero-order valence-electron chi connectivity index (χ0n) is 6.03. The zero-order valence-corrected chi connectivity index (χ0v) is 6.78. The van der Waals surface area contributed by atoms with E-state index in [1.807, 2.05) is 6.07 Å². The third-order valence-electron chi connectivity index (χ3n) is 1.56. The fraction of sp³-hybridized carbons (Fsp3) is 0. The number of imidazole rings is 1. The predicted octanol–water partition coefficient (Wildman–Crippen LogP) is 1.86. The molecule has 0 N–H and O–H groups in total. The molecule has 0 saturated carbocycles. The van der Waals surface area contributed by atoms with E-state index in [2.05, 4.69) is 4.98 Å². The highest BCUT2D eigenvalue weighted by atomic mass is 35.5. The largest absolute Gasteiger partial charge is 0.289 e. The van der Waals surface area contributed by atoms with Crippen molar-refractivity contribution in [3.63, 3.8) is 0 Å². The van der Waals surface area contributed by atoms with Crippen molar-refractivity contribution in [2.75, 3.05) is 0 Å². The second-order valence-electron chi connectivity index (χ2n) is 2.31. The first kappa shape index (κ1) is 7.14. The minimum absolute atomic E-state index is 0.378. The molecule has 12 heavy (non-hydrogen) atoms. The van der Waals surface area contributed by atoms with Crippen LogP contribution in [0.4, 0.5) is 0 Å². The van der Waals surface area contributed by atoms with Gasteiger partial charge in [-0.1, -0.05) is 17.7 Å². The maximum Gasteiger partial charge on any atom is 0.159 e. The zero-order chi connectivity index (χ0) is 8.55. The molecular weight excluding hydrogens is 174 g/mol. The van der Waals surface area contributed by atoms with Crippen LogP contribution in [0.3, 0.4) is 0 Å². The van der Waals surface area contributed by atoms with Crippen molar-refractivity contribution in [1.29, 1.82) is 5.26 Å². The predicted molar refractivity (Wildman–Crippen MR) is 44.9 cm³/mol. The van der Waals surface area contributed by atoms with E-state index in [4.69, 9.17) is 16.9 Å². The first-order valence-corrected chi connectivity index (χ1v) is 3.73. The molecule has 0 aromatic carbocycles. The summed E-state index contributed by atoms with van der Waals surface area (Å²) in [5, 5.41) is 9.12. The second kappa shape index (κ2) is 2.50. The smallest absolute Gasteiger partial charge is 0.159 e. The van der Waals surface area contributed by atoms with Crippen LogP contribution < -0.4 is 0 Å². The van der Waals surface area contributed by atoms with Crippen molar-refractivity contribution >= 4 is 17.2 Å². The summed E-state index contributed by atoms with van der Waals surface area (Å²) in [5.41, 5.74) is 1.07. The molecule has 0 fully saturated rings. The van der Waals surface area contributed by atoms with Crippen molar-refractivity contribution in [2.24, 2.45) is 0 Å². The van der Waals surface area contributed by atoms with E-state index in [-0.39, 0.29) is 0 Å². The Labute approximate surface area is 73.8 Å². The summed E-state index contributed by atoms with van der Waals surface area (Å²) in [6, 6.07) is 7.30. The lowest BCUT2D eigenvalue weighted by atomic mass is 10.5. The Balaban J connectivity index is 2.85. The number of hydrogen-bond acceptors (Lipinski definition) is 2. The number of aromatic nitrogens is 2. The molecule has 2 aromatic heterocycles. The molecule has 0 aliphatic rings. The van der Waals surface area contributed by atoms with Crippen molar-refractivity contribution in [3.8, 4) is 6.07 Å². The molecule has 4 heteroatoms. The fourth-order valence-corrected chi connectivity index (χ4v) is 1.24. The Morgan fingerprint density at radius 1 is 1.50 bits per heavy atom. The minimum atomic E-state index is 0.378. The summed E-state index contributed by atoms with van der Waals surface area (Å²) >= 11 is 5.84. The number of halogens is 1. The third kappa shape index (κ3) is 0.936. The first-order chi connectivity index (χ1) is 5.81. The molecule has 0 unspecified atom stereocenters. The monoisotopic (exact) mass is 177 g/mol. The van der Waals surface area contributed by atoms with Gasteiger partial charge in [-0.05, 0) is 12.1 Å². The van der Waals surface area contributed by atoms with Crippen LogP contribution in [-0.4, -0.2) is 9.38 Å². The Morgan fingerprint density at radius 3 is 3.00 bits per heavy atom. The highest BCUT2D eigenvalue weighted by Gasteiger charge is 2.01. The summed E-state index contributed by atoms with van der Waals surface area (Å²) in [6.45, 7) is 0. The minimum Gasteiger partial charge on any atom is -0.289 e. The lowest BCUT2D eigenvalue weighted by Gasteiger charge is -1.93. The topological polar surface area (TPSA) is 41.1 Å². The maximum atomic E-state index is 8.56. The van der Waals surface area contributed by atoms with Gasteiger partial charge in [-0.3, -0.25) is 4.40 Å². The normalized spacial score (nSPS) is 10.0. The fourth-order valence-electron chi connectivity index (χ4n) is 1.03. The van der Waals surface area contributed by atoms with Gasteiger partial charge < -0.3 is 0 Å². The number of hydrogen-bond donors (Lipinski definition) is 0. The van der Waals surface area contributed by atoms with E-state index < -0.39 is 0 Å². The lowest BCUT2D eigenvalue weighted by molar-refractivity contribution is 1.19. The summed E-state index contributed by atoms with van der Waals surface area (Å²) in [7, 11) is 0. The van der Waals surface area contributed by atoms with E-state index in [9.17, 15) is 0 Å². The first-order valence-electron chi connectivity index (χ1n) is 3.35. The van der Waals surface area contributed by atoms with Crippen LogP contribution >= 0.6 is 11.6 Å². The average molecular weight is 178 g/mol. The van der Waals surface area contributed by atoms with Crippen LogP contribution in [0.2, 0.25) is 5.15 Å². The Kier molecular flexibility index (Phi) is 1.49. The van der Waals surface area contributed by atoms with Gasteiger partial charge in [0.05, 0.1) is 0 Å². The molecule has 0 saturated heterocycles. The van der Waals surface area contributed by atoms with Gasteiger partial charge in [0, 0.05) is 6.20 Å². The average Bonchev–Trinajstić information content (AvgIpc) is 2.49. The van der Waals surface area contributed by atoms with Gasteiger partial charge in [-0.2, -0.15) is 5.26 Å². The number of pyridine rings is 1. The third-order valence-corrected chi connectivity index (χ3v) is 1.87. The molecule has 0 atom stereocenters. The van der Waals surface area contributed by atoms with Gasteiger partial charge in [0.2, 0.25) is 0 Å². The number of rotatable bonds is 0. The second-order valence-corrected chi connectivity index (χ2v) is 2.70. The van der Waals surface area contributed by atoms with E-state index in [0.29, 0.717) is 16.5 Å². The van der Waals surface area contributed by atoms with Crippen LogP contribution in [0.1, 0.15) is 5.69 Å². The molecule has 0 aliphatic heterocycles. The molecule has 0 radical (unpaired) electrons. The van der Waals surface area contributed by atoms with Gasteiger partial charge in [-0.25, -0.2) is 4.98 Å². The standard InChI is InChI=1S/C8H4ClN3/c9-7-2-1-3-8-11-6(4-10)5-12(7)8/h1-3,5H. The number of fused-ring (bicyclic) bond motifs is 1. The van der Waals surface area contributed by atoms with Gasteiger partial charge in [0.25, 0.3) is 0 Å². The SMILES string of the molecule is N#Cc1cn2c(Cl)cccc2n1. The molecule has 2 heterocycles. The quantitative estimate of drug-likeness (QED) is 0.577. The van der Waals surface area contributed by atoms with E-state index >= 15 is 0 Å². The molecule has 0 aliphatic carbocycles. The van der Waals surface area contributed by atoms with Crippen LogP contribution in [0.5, 0.6) is 0 Å². The Bertz CT molecular complexity index is 467. The maximum absolute atomic E-state index is 8.56. The highest BCUT2D eigenvalue weighted by Crippen LogP contribution is 2.12. The highest BCUT2D eigenvalue weighted by molar-refractivity contribution is 6.29. The number of nitrogens with zero attached hydrogens (tertiary/aromatic N) is 3. The Hall–Kier alpha value is -1.53. The molecule has 0 amide bonds. The van der Waals surface area contributed by atoms with Gasteiger partial charge in [-0.15, -0.1) is 0 Å². The van der Waals surface area contributed by atoms with E-state index in [0.717, 1.165) is 0 Å². The molecule has 0 spiro atoms. The van der Waals surface area contributed by atoms with Crippen LogP contribution in [0, 0.1) is 11.3 Å². The summed E-state index contributed by atoms with van der Waals surface area (Å²) in [5.74, 6) is 0. The Morgan fingerprint density at radius 2 is 2.33 bits per heavy atom. The van der Waals surface area contributed by atoms with Crippen molar-refractivity contribution < 1.29 is 0 Å². The van der Waals surface area contributed by atoms with Gasteiger partial charge >= 0.3 is 0 Å². The summed E-state index contributed by atoms with van der Waals surface area (Å²) < 4.78 is 1.67. The number of nitriles is 1. The van der Waals surface area contributed by atoms with Crippen molar-refractivity contribution in [1.82, 2.24) is 9.38 Å². The van der Waals surface area contributed by atoms with Crippen LogP contribution in [-0.2, 0) is 0 Å². The molecular formula is C8H4ClN3. The summed E-state index contributed by atoms with van der Waals surface area (Å²) in [6.07, 6.45) is 1.61. The molecule has 2 rings (SSSR count). The van der Waals surface area contributed by atoms with Crippen LogP contribution in [0.15, 0.2) is 24.4 Å². The van der Waals surface area contributed by atoms with E-state index in [1.165, 1.54) is 0 Å². The van der Waals surface area contributed by atoms with Crippen molar-refractivity contribution in [3.05, 3.63) is 35.2 Å². The molecule has 3 nitrogen and oxygen atoms in total. The van der Waals surface area contributed by atoms with Gasteiger partial charge in [0.15, 0.2) is 5.69 Å². The van der Waals surface area contributed by atoms with Crippen LogP contribution in [0.25, 0.3) is 5.65 Å². The molecule has 2 aromatic rings. The van der Waals surface area contributed by atoms with Gasteiger partial charge in [0.1, 0.15) is 16.9 Å². The van der Waals surface area contributed by atoms with E-state index in [1.54, 1.807) is 28.8 Å². The lowest BCUT2D eigenvalue weighted by Crippen LogP contribution is -1.82. The van der Waals surface area contributed by atoms with Crippen molar-refractivity contribution in [2.45, 2.75) is 0 Å².